The molecule has 0 amide bonds. The third kappa shape index (κ3) is 15.9. The van der Waals surface area contributed by atoms with Gasteiger partial charge in [-0.15, -0.1) is 0 Å². The quantitative estimate of drug-likeness (QED) is 0.196. The van der Waals surface area contributed by atoms with Gasteiger partial charge in [-0.25, -0.2) is 19.2 Å². The first kappa shape index (κ1) is 41.5. The highest BCUT2D eigenvalue weighted by atomic mass is 19.4. The molecule has 2 aliphatic rings. The molecular formula is C31H43F3N4O10. The van der Waals surface area contributed by atoms with E-state index >= 15 is 0 Å². The molecule has 0 aliphatic carbocycles. The van der Waals surface area contributed by atoms with E-state index in [4.69, 9.17) is 25.2 Å². The van der Waals surface area contributed by atoms with Crippen LogP contribution in [-0.2, 0) is 34.9 Å². The second-order valence-corrected chi connectivity index (χ2v) is 11.0. The summed E-state index contributed by atoms with van der Waals surface area (Å²) < 4.78 is 44.2. The number of carboxylic acids is 4. The molecule has 1 aromatic carbocycles. The minimum Gasteiger partial charge on any atom is -0.478 e. The third-order valence-corrected chi connectivity index (χ3v) is 7.32. The van der Waals surface area contributed by atoms with E-state index in [1.54, 1.807) is 6.07 Å². The molecule has 0 aromatic heterocycles. The van der Waals surface area contributed by atoms with Crippen molar-refractivity contribution in [3.05, 3.63) is 54.1 Å². The summed E-state index contributed by atoms with van der Waals surface area (Å²) >= 11 is 0. The number of hydrogen-bond acceptors (Lipinski definition) is 10. The van der Waals surface area contributed by atoms with Crippen LogP contribution < -0.4 is 4.90 Å². The van der Waals surface area contributed by atoms with Crippen molar-refractivity contribution in [3.8, 4) is 0 Å². The fourth-order valence-electron chi connectivity index (χ4n) is 4.64. The maximum Gasteiger partial charge on any atom is 0.416 e. The molecule has 0 bridgehead atoms. The summed E-state index contributed by atoms with van der Waals surface area (Å²) in [5.41, 5.74) is -0.565. The van der Waals surface area contributed by atoms with E-state index in [9.17, 15) is 37.1 Å². The van der Waals surface area contributed by atoms with E-state index in [-0.39, 0.29) is 5.97 Å². The number of nitrogens with zero attached hydrogens (tertiary/aromatic N) is 4. The van der Waals surface area contributed by atoms with Crippen molar-refractivity contribution in [1.29, 1.82) is 0 Å². The lowest BCUT2D eigenvalue weighted by Crippen LogP contribution is -2.59. The van der Waals surface area contributed by atoms with E-state index in [2.05, 4.69) is 14.7 Å². The van der Waals surface area contributed by atoms with Crippen molar-refractivity contribution >= 4 is 35.5 Å². The molecule has 2 fully saturated rings. The highest BCUT2D eigenvalue weighted by Gasteiger charge is 2.37. The molecule has 2 aliphatic heterocycles. The Morgan fingerprint density at radius 2 is 1.15 bits per heavy atom. The molecule has 48 heavy (non-hydrogen) atoms. The molecular weight excluding hydrogens is 645 g/mol. The number of halogens is 3. The van der Waals surface area contributed by atoms with Crippen LogP contribution in [0.4, 0.5) is 18.9 Å². The molecule has 2 saturated heterocycles. The molecule has 268 valence electrons. The second-order valence-electron chi connectivity index (χ2n) is 11.0. The summed E-state index contributed by atoms with van der Waals surface area (Å²) in [5, 5.41) is 31.2. The SMILES string of the molecule is CCOC(=O)C(C)(C)N1CCN(CCN2CCN(c3cccc(C(F)(F)F)c3)CC2)CC1.O=C(O)/C=C/C(=O)O.O=C(O)/C=C/C(=O)O. The summed E-state index contributed by atoms with van der Waals surface area (Å²) in [5.74, 6) is -5.20. The van der Waals surface area contributed by atoms with Gasteiger partial charge in [0.1, 0.15) is 5.54 Å². The Labute approximate surface area is 276 Å². The number of carbonyl (C=O) groups excluding carboxylic acids is 1. The van der Waals surface area contributed by atoms with Crippen molar-refractivity contribution in [1.82, 2.24) is 14.7 Å². The summed E-state index contributed by atoms with van der Waals surface area (Å²) in [4.78, 5) is 59.5. The van der Waals surface area contributed by atoms with E-state index in [0.717, 1.165) is 71.5 Å². The number of hydrogen-bond donors (Lipinski definition) is 4. The van der Waals surface area contributed by atoms with Crippen LogP contribution in [0, 0.1) is 0 Å². The van der Waals surface area contributed by atoms with Gasteiger partial charge >= 0.3 is 36.0 Å². The van der Waals surface area contributed by atoms with Gasteiger partial charge in [0, 0.05) is 95.4 Å². The summed E-state index contributed by atoms with van der Waals surface area (Å²) in [6.07, 6.45) is -2.08. The monoisotopic (exact) mass is 688 g/mol. The van der Waals surface area contributed by atoms with Crippen LogP contribution in [0.3, 0.4) is 0 Å². The van der Waals surface area contributed by atoms with Crippen LogP contribution in [0.1, 0.15) is 26.3 Å². The highest BCUT2D eigenvalue weighted by molar-refractivity contribution is 5.90. The molecule has 0 radical (unpaired) electrons. The van der Waals surface area contributed by atoms with Crippen LogP contribution in [-0.4, -0.2) is 143 Å². The number of carbonyl (C=O) groups is 5. The fraction of sp³-hybridized carbons (Fsp3) is 0.516. The predicted octanol–water partition coefficient (Wildman–Crippen LogP) is 2.21. The van der Waals surface area contributed by atoms with Gasteiger partial charge in [0.05, 0.1) is 12.2 Å². The standard InChI is InChI=1S/C23H35F3N4O2.2C4H4O4/c1-4-32-21(31)22(2,3)30-16-12-28(13-17-30)9-8-27-10-14-29(15-11-27)20-7-5-6-19(18-20)23(24,25)26;2*5-3(6)1-2-4(7)8/h5-7,18H,4,8-17H2,1-3H3;2*1-2H,(H,5,6)(H,7,8)/b;2*2-1+. The predicted molar refractivity (Wildman–Crippen MR) is 168 cm³/mol. The van der Waals surface area contributed by atoms with Crippen LogP contribution >= 0.6 is 0 Å². The zero-order valence-corrected chi connectivity index (χ0v) is 27.1. The molecule has 0 atom stereocenters. The van der Waals surface area contributed by atoms with Crippen molar-refractivity contribution in [2.24, 2.45) is 0 Å². The molecule has 4 N–H and O–H groups in total. The molecule has 14 nitrogen and oxygen atoms in total. The van der Waals surface area contributed by atoms with E-state index in [0.29, 0.717) is 36.6 Å². The topological polar surface area (TPSA) is 188 Å². The Hall–Kier alpha value is -4.48. The number of aliphatic carboxylic acids is 4. The average Bonchev–Trinajstić information content (AvgIpc) is 3.02. The number of carboxylic acid groups (broad SMARTS) is 4. The van der Waals surface area contributed by atoms with E-state index in [1.165, 1.54) is 12.1 Å². The van der Waals surface area contributed by atoms with E-state index in [1.807, 2.05) is 25.7 Å². The maximum atomic E-state index is 13.0. The van der Waals surface area contributed by atoms with E-state index < -0.39 is 41.2 Å². The largest absolute Gasteiger partial charge is 0.478 e. The fourth-order valence-corrected chi connectivity index (χ4v) is 4.64. The Morgan fingerprint density at radius 1 is 0.729 bits per heavy atom. The van der Waals surface area contributed by atoms with Gasteiger partial charge in [-0.3, -0.25) is 19.5 Å². The number of alkyl halides is 3. The van der Waals surface area contributed by atoms with Crippen molar-refractivity contribution < 1.29 is 62.3 Å². The van der Waals surface area contributed by atoms with Gasteiger partial charge in [0.15, 0.2) is 0 Å². The molecule has 1 aromatic rings. The summed E-state index contributed by atoms with van der Waals surface area (Å²) in [6.45, 7) is 14.6. The Balaban J connectivity index is 0.000000594. The number of anilines is 1. The Bertz CT molecular complexity index is 1220. The molecule has 0 saturated carbocycles. The van der Waals surface area contributed by atoms with Crippen LogP contribution in [0.25, 0.3) is 0 Å². The number of piperazine rings is 2. The zero-order valence-electron chi connectivity index (χ0n) is 27.1. The van der Waals surface area contributed by atoms with Gasteiger partial charge in [0.25, 0.3) is 0 Å². The first-order chi connectivity index (χ1) is 22.4. The number of ether oxygens (including phenoxy) is 1. The first-order valence-corrected chi connectivity index (χ1v) is 14.9. The Morgan fingerprint density at radius 3 is 1.52 bits per heavy atom. The molecule has 17 heteroatoms. The normalized spacial score (nSPS) is 16.4. The average molecular weight is 689 g/mol. The van der Waals surface area contributed by atoms with Crippen LogP contribution in [0.15, 0.2) is 48.6 Å². The molecule has 3 rings (SSSR count). The molecule has 0 spiro atoms. The van der Waals surface area contributed by atoms with Crippen LogP contribution in [0.2, 0.25) is 0 Å². The van der Waals surface area contributed by atoms with Crippen molar-refractivity contribution in [3.63, 3.8) is 0 Å². The van der Waals surface area contributed by atoms with Gasteiger partial charge in [-0.1, -0.05) is 6.07 Å². The second kappa shape index (κ2) is 20.0. The third-order valence-electron chi connectivity index (χ3n) is 7.32. The van der Waals surface area contributed by atoms with Crippen LogP contribution in [0.5, 0.6) is 0 Å². The number of esters is 1. The summed E-state index contributed by atoms with van der Waals surface area (Å²) in [7, 11) is 0. The number of benzene rings is 1. The maximum absolute atomic E-state index is 13.0. The minimum absolute atomic E-state index is 0.174. The lowest BCUT2D eigenvalue weighted by molar-refractivity contribution is -0.157. The lowest BCUT2D eigenvalue weighted by Gasteiger charge is -2.43. The minimum atomic E-state index is -4.31. The van der Waals surface area contributed by atoms with Crippen molar-refractivity contribution in [2.45, 2.75) is 32.5 Å². The Kier molecular flexibility index (Phi) is 17.3. The van der Waals surface area contributed by atoms with Gasteiger partial charge in [-0.05, 0) is 39.0 Å². The smallest absolute Gasteiger partial charge is 0.416 e. The van der Waals surface area contributed by atoms with Gasteiger partial charge < -0.3 is 30.1 Å². The zero-order chi connectivity index (χ0) is 36.5. The molecule has 2 heterocycles. The van der Waals surface area contributed by atoms with Gasteiger partial charge in [-0.2, -0.15) is 13.2 Å². The summed E-state index contributed by atoms with van der Waals surface area (Å²) in [6, 6.07) is 5.59. The molecule has 0 unspecified atom stereocenters. The number of rotatable bonds is 11. The highest BCUT2D eigenvalue weighted by Crippen LogP contribution is 2.32. The first-order valence-electron chi connectivity index (χ1n) is 14.9. The van der Waals surface area contributed by atoms with Gasteiger partial charge in [0.2, 0.25) is 0 Å². The lowest BCUT2D eigenvalue weighted by atomic mass is 10.0. The van der Waals surface area contributed by atoms with Crippen molar-refractivity contribution in [2.75, 3.05) is 77.0 Å².